The van der Waals surface area contributed by atoms with Gasteiger partial charge >= 0.3 is 0 Å². The predicted octanol–water partition coefficient (Wildman–Crippen LogP) is 4.74. The van der Waals surface area contributed by atoms with Gasteiger partial charge in [0.05, 0.1) is 16.6 Å². The molecule has 7 heteroatoms. The fraction of sp³-hybridized carbons (Fsp3) is 0.150. The van der Waals surface area contributed by atoms with E-state index in [1.807, 2.05) is 23.8 Å². The van der Waals surface area contributed by atoms with Crippen molar-refractivity contribution < 1.29 is 12.8 Å². The van der Waals surface area contributed by atoms with E-state index in [0.717, 1.165) is 15.5 Å². The van der Waals surface area contributed by atoms with Crippen LogP contribution in [0.1, 0.15) is 29.2 Å². The molecule has 0 radical (unpaired) electrons. The second-order valence-corrected chi connectivity index (χ2v) is 9.00. The van der Waals surface area contributed by atoms with Crippen molar-refractivity contribution in [1.29, 1.82) is 0 Å². The van der Waals surface area contributed by atoms with Gasteiger partial charge in [0.2, 0.25) is 0 Å². The molecule has 0 fully saturated rings. The van der Waals surface area contributed by atoms with E-state index in [0.29, 0.717) is 17.7 Å². The first-order valence-electron chi connectivity index (χ1n) is 8.42. The number of halogens is 1. The Morgan fingerprint density at radius 2 is 1.93 bits per heavy atom. The smallest absolute Gasteiger partial charge is 0.207 e. The zero-order valence-corrected chi connectivity index (χ0v) is 16.2. The summed E-state index contributed by atoms with van der Waals surface area (Å²) in [5.74, 6) is -0.399. The number of benzene rings is 2. The van der Waals surface area contributed by atoms with E-state index in [9.17, 15) is 12.8 Å². The fourth-order valence-corrected chi connectivity index (χ4v) is 5.19. The van der Waals surface area contributed by atoms with E-state index in [1.165, 1.54) is 23.5 Å². The summed E-state index contributed by atoms with van der Waals surface area (Å²) in [5.41, 5.74) is 3.13. The van der Waals surface area contributed by atoms with Crippen LogP contribution in [0.4, 0.5) is 4.39 Å². The van der Waals surface area contributed by atoms with Crippen LogP contribution in [-0.2, 0) is 10.0 Å². The highest BCUT2D eigenvalue weighted by Crippen LogP contribution is 2.37. The Morgan fingerprint density at radius 1 is 1.15 bits per heavy atom. The van der Waals surface area contributed by atoms with Gasteiger partial charge in [-0.1, -0.05) is 29.8 Å². The first-order chi connectivity index (χ1) is 12.9. The van der Waals surface area contributed by atoms with E-state index >= 15 is 0 Å². The van der Waals surface area contributed by atoms with Crippen LogP contribution >= 0.6 is 11.3 Å². The maximum atomic E-state index is 13.8. The molecular weight excluding hydrogens is 383 g/mol. The summed E-state index contributed by atoms with van der Waals surface area (Å²) in [6.45, 7) is 1.90. The average Bonchev–Trinajstić information content (AvgIpc) is 3.32. The molecule has 0 aliphatic carbocycles. The molecule has 0 saturated carbocycles. The third-order valence-electron chi connectivity index (χ3n) is 4.53. The van der Waals surface area contributed by atoms with Crippen molar-refractivity contribution in [3.05, 3.63) is 87.9 Å². The Kier molecular flexibility index (Phi) is 4.57. The number of nitrogens with zero attached hydrogens (tertiary/aromatic N) is 2. The fourth-order valence-electron chi connectivity index (χ4n) is 3.09. The van der Waals surface area contributed by atoms with Crippen molar-refractivity contribution in [3.63, 3.8) is 0 Å². The minimum atomic E-state index is -3.86. The lowest BCUT2D eigenvalue weighted by atomic mass is 10.0. The molecule has 2 aromatic carbocycles. The molecule has 1 atom stereocenters. The maximum absolute atomic E-state index is 13.8. The Morgan fingerprint density at radius 3 is 2.59 bits per heavy atom. The Hall–Kier alpha value is -2.51. The van der Waals surface area contributed by atoms with Gasteiger partial charge in [0, 0.05) is 12.0 Å². The van der Waals surface area contributed by atoms with Crippen LogP contribution in [0.5, 0.6) is 0 Å². The van der Waals surface area contributed by atoms with Gasteiger partial charge in [-0.15, -0.1) is 0 Å². The first-order valence-corrected chi connectivity index (χ1v) is 10.8. The van der Waals surface area contributed by atoms with Gasteiger partial charge in [-0.2, -0.15) is 29.3 Å². The molecule has 1 aliphatic rings. The molecule has 4 rings (SSSR count). The topological polar surface area (TPSA) is 49.7 Å². The SMILES string of the molecule is Cc1ccc(S(=O)(=O)N2N=C(c3ccsc3)C[C@@H]2c2cccc(F)c2)cc1. The van der Waals surface area contributed by atoms with Crippen LogP contribution in [0.3, 0.4) is 0 Å². The lowest BCUT2D eigenvalue weighted by Gasteiger charge is -2.23. The lowest BCUT2D eigenvalue weighted by Crippen LogP contribution is -2.27. The molecule has 27 heavy (non-hydrogen) atoms. The van der Waals surface area contributed by atoms with Crippen molar-refractivity contribution in [2.75, 3.05) is 0 Å². The second-order valence-electron chi connectivity index (χ2n) is 6.42. The number of sulfonamides is 1. The van der Waals surface area contributed by atoms with Gasteiger partial charge < -0.3 is 0 Å². The number of aryl methyl sites for hydroxylation is 1. The zero-order valence-electron chi connectivity index (χ0n) is 14.5. The normalized spacial score (nSPS) is 17.2. The van der Waals surface area contributed by atoms with Gasteiger partial charge in [0.1, 0.15) is 5.82 Å². The minimum absolute atomic E-state index is 0.171. The van der Waals surface area contributed by atoms with Crippen LogP contribution < -0.4 is 0 Å². The summed E-state index contributed by atoms with van der Waals surface area (Å²) < 4.78 is 41.4. The molecule has 0 N–H and O–H groups in total. The van der Waals surface area contributed by atoms with Gasteiger partial charge in [-0.05, 0) is 53.6 Å². The molecule has 3 aromatic rings. The molecule has 0 bridgehead atoms. The van der Waals surface area contributed by atoms with E-state index in [2.05, 4.69) is 5.10 Å². The van der Waals surface area contributed by atoms with Gasteiger partial charge in [-0.3, -0.25) is 0 Å². The Labute approximate surface area is 161 Å². The molecule has 0 amide bonds. The Balaban J connectivity index is 1.80. The maximum Gasteiger partial charge on any atom is 0.279 e. The monoisotopic (exact) mass is 400 g/mol. The third kappa shape index (κ3) is 3.40. The number of hydrogen-bond donors (Lipinski definition) is 0. The molecule has 1 aliphatic heterocycles. The summed E-state index contributed by atoms with van der Waals surface area (Å²) in [7, 11) is -3.86. The van der Waals surface area contributed by atoms with Gasteiger partial charge in [0.15, 0.2) is 0 Å². The van der Waals surface area contributed by atoms with Crippen LogP contribution in [0, 0.1) is 12.7 Å². The van der Waals surface area contributed by atoms with Crippen molar-refractivity contribution in [2.45, 2.75) is 24.3 Å². The number of hydrogen-bond acceptors (Lipinski definition) is 4. The Bertz CT molecular complexity index is 1090. The summed E-state index contributed by atoms with van der Waals surface area (Å²) in [6.07, 6.45) is 0.394. The van der Waals surface area contributed by atoms with E-state index < -0.39 is 21.9 Å². The van der Waals surface area contributed by atoms with E-state index in [4.69, 9.17) is 0 Å². The summed E-state index contributed by atoms with van der Waals surface area (Å²) >= 11 is 1.52. The molecule has 4 nitrogen and oxygen atoms in total. The molecular formula is C20H17FN2O2S2. The summed E-state index contributed by atoms with van der Waals surface area (Å²) in [4.78, 5) is 0.171. The average molecular weight is 401 g/mol. The second kappa shape index (κ2) is 6.90. The molecule has 2 heterocycles. The quantitative estimate of drug-likeness (QED) is 0.635. The van der Waals surface area contributed by atoms with Crippen molar-refractivity contribution in [1.82, 2.24) is 4.41 Å². The highest BCUT2D eigenvalue weighted by molar-refractivity contribution is 7.89. The van der Waals surface area contributed by atoms with Crippen molar-refractivity contribution in [3.8, 4) is 0 Å². The summed E-state index contributed by atoms with van der Waals surface area (Å²) in [6, 6.07) is 14.0. The largest absolute Gasteiger partial charge is 0.279 e. The molecule has 0 unspecified atom stereocenters. The van der Waals surface area contributed by atoms with E-state index in [1.54, 1.807) is 36.4 Å². The summed E-state index contributed by atoms with van der Waals surface area (Å²) in [5, 5.41) is 8.29. The molecule has 1 aromatic heterocycles. The number of rotatable bonds is 4. The van der Waals surface area contributed by atoms with Gasteiger partial charge in [-0.25, -0.2) is 4.39 Å². The molecule has 0 spiro atoms. The van der Waals surface area contributed by atoms with Crippen molar-refractivity contribution in [2.24, 2.45) is 5.10 Å². The third-order valence-corrected chi connectivity index (χ3v) is 6.91. The van der Waals surface area contributed by atoms with Crippen LogP contribution in [0.2, 0.25) is 0 Å². The first kappa shape index (κ1) is 17.9. The minimum Gasteiger partial charge on any atom is -0.207 e. The standard InChI is InChI=1S/C20H17FN2O2S2/c1-14-5-7-18(8-6-14)27(24,25)23-20(15-3-2-4-17(21)11-15)12-19(22-23)16-9-10-26-13-16/h2-11,13,20H,12H2,1H3/t20-/m1/s1. The van der Waals surface area contributed by atoms with Crippen LogP contribution in [0.25, 0.3) is 0 Å². The molecule has 0 saturated heterocycles. The highest BCUT2D eigenvalue weighted by atomic mass is 32.2. The predicted molar refractivity (Wildman–Crippen MR) is 105 cm³/mol. The van der Waals surface area contributed by atoms with Crippen LogP contribution in [-0.4, -0.2) is 18.5 Å². The van der Waals surface area contributed by atoms with Gasteiger partial charge in [0.25, 0.3) is 10.0 Å². The number of hydrazone groups is 1. The van der Waals surface area contributed by atoms with Crippen LogP contribution in [0.15, 0.2) is 75.4 Å². The zero-order chi connectivity index (χ0) is 19.0. The highest BCUT2D eigenvalue weighted by Gasteiger charge is 2.37. The van der Waals surface area contributed by atoms with E-state index in [-0.39, 0.29) is 4.90 Å². The van der Waals surface area contributed by atoms with Crippen molar-refractivity contribution >= 4 is 27.1 Å². The number of thiophene rings is 1. The molecule has 138 valence electrons. The lowest BCUT2D eigenvalue weighted by molar-refractivity contribution is 0.370.